The zero-order valence-corrected chi connectivity index (χ0v) is 14.9. The van der Waals surface area contributed by atoms with E-state index in [1.54, 1.807) is 0 Å². The van der Waals surface area contributed by atoms with Crippen molar-refractivity contribution >= 4 is 0 Å². The van der Waals surface area contributed by atoms with Gasteiger partial charge in [-0.2, -0.15) is 0 Å². The SMILES string of the molecule is CCCCCCCCCCNC1CCOC(CC)(CC)C1. The Bertz CT molecular complexity index is 238. The average molecular weight is 298 g/mol. The van der Waals surface area contributed by atoms with Gasteiger partial charge in [0.1, 0.15) is 0 Å². The molecule has 0 aromatic heterocycles. The maximum absolute atomic E-state index is 6.05. The van der Waals surface area contributed by atoms with E-state index >= 15 is 0 Å². The lowest BCUT2D eigenvalue weighted by atomic mass is 9.86. The minimum absolute atomic E-state index is 0.162. The molecule has 0 aromatic carbocycles. The molecule has 0 aliphatic carbocycles. The van der Waals surface area contributed by atoms with Crippen LogP contribution in [0.2, 0.25) is 0 Å². The lowest BCUT2D eigenvalue weighted by Gasteiger charge is -2.40. The van der Waals surface area contributed by atoms with Crippen molar-refractivity contribution in [3.05, 3.63) is 0 Å². The van der Waals surface area contributed by atoms with Crippen molar-refractivity contribution in [1.29, 1.82) is 0 Å². The first kappa shape index (κ1) is 19.0. The quantitative estimate of drug-likeness (QED) is 0.483. The minimum atomic E-state index is 0.162. The molecule has 0 saturated carbocycles. The molecule has 0 radical (unpaired) electrons. The highest BCUT2D eigenvalue weighted by Gasteiger charge is 2.33. The molecule has 1 fully saturated rings. The van der Waals surface area contributed by atoms with Crippen molar-refractivity contribution in [3.8, 4) is 0 Å². The fourth-order valence-corrected chi connectivity index (χ4v) is 3.51. The maximum Gasteiger partial charge on any atom is 0.0692 e. The van der Waals surface area contributed by atoms with Gasteiger partial charge >= 0.3 is 0 Å². The van der Waals surface area contributed by atoms with Crippen LogP contribution in [0.15, 0.2) is 0 Å². The lowest BCUT2D eigenvalue weighted by Crippen LogP contribution is -2.46. The van der Waals surface area contributed by atoms with Gasteiger partial charge in [0.05, 0.1) is 5.60 Å². The molecule has 1 aliphatic rings. The smallest absolute Gasteiger partial charge is 0.0692 e. The van der Waals surface area contributed by atoms with Crippen LogP contribution in [0.1, 0.15) is 97.8 Å². The van der Waals surface area contributed by atoms with E-state index in [1.165, 1.54) is 70.8 Å². The molecule has 0 bridgehead atoms. The molecular weight excluding hydrogens is 258 g/mol. The zero-order valence-electron chi connectivity index (χ0n) is 14.9. The summed E-state index contributed by atoms with van der Waals surface area (Å²) in [4.78, 5) is 0. The number of ether oxygens (including phenoxy) is 1. The maximum atomic E-state index is 6.05. The second-order valence-corrected chi connectivity index (χ2v) is 6.86. The van der Waals surface area contributed by atoms with Crippen LogP contribution >= 0.6 is 0 Å². The summed E-state index contributed by atoms with van der Waals surface area (Å²) in [6, 6.07) is 0.684. The molecule has 1 rings (SSSR count). The second kappa shape index (κ2) is 11.5. The fraction of sp³-hybridized carbons (Fsp3) is 1.00. The van der Waals surface area contributed by atoms with Crippen molar-refractivity contribution in [3.63, 3.8) is 0 Å². The van der Waals surface area contributed by atoms with Crippen LogP contribution in [0.3, 0.4) is 0 Å². The van der Waals surface area contributed by atoms with Crippen LogP contribution in [0.4, 0.5) is 0 Å². The van der Waals surface area contributed by atoms with Gasteiger partial charge in [-0.1, -0.05) is 65.7 Å². The standard InChI is InChI=1S/C19H39NO/c1-4-7-8-9-10-11-12-13-15-20-18-14-16-21-19(5-2,6-3)17-18/h18,20H,4-17H2,1-3H3. The first-order chi connectivity index (χ1) is 10.3. The zero-order chi connectivity index (χ0) is 15.4. The summed E-state index contributed by atoms with van der Waals surface area (Å²) in [7, 11) is 0. The molecule has 1 saturated heterocycles. The minimum Gasteiger partial charge on any atom is -0.375 e. The van der Waals surface area contributed by atoms with Crippen molar-refractivity contribution in [1.82, 2.24) is 5.32 Å². The second-order valence-electron chi connectivity index (χ2n) is 6.86. The Labute approximate surface area is 133 Å². The average Bonchev–Trinajstić information content (AvgIpc) is 2.53. The van der Waals surface area contributed by atoms with Gasteiger partial charge < -0.3 is 10.1 Å². The van der Waals surface area contributed by atoms with Gasteiger partial charge in [-0.15, -0.1) is 0 Å². The van der Waals surface area contributed by atoms with E-state index < -0.39 is 0 Å². The number of nitrogens with one attached hydrogen (secondary N) is 1. The Morgan fingerprint density at radius 3 is 2.14 bits per heavy atom. The van der Waals surface area contributed by atoms with Crippen molar-refractivity contribution in [2.45, 2.75) is 109 Å². The van der Waals surface area contributed by atoms with Gasteiger partial charge in [0, 0.05) is 12.6 Å². The molecule has 0 aromatic rings. The summed E-state index contributed by atoms with van der Waals surface area (Å²) < 4.78 is 6.05. The van der Waals surface area contributed by atoms with Gasteiger partial charge in [0.15, 0.2) is 0 Å². The van der Waals surface area contributed by atoms with Crippen molar-refractivity contribution < 1.29 is 4.74 Å². The van der Waals surface area contributed by atoms with Gasteiger partial charge in [0.2, 0.25) is 0 Å². The van der Waals surface area contributed by atoms with Gasteiger partial charge in [-0.05, 0) is 38.6 Å². The third-order valence-electron chi connectivity index (χ3n) is 5.24. The molecule has 0 spiro atoms. The first-order valence-corrected chi connectivity index (χ1v) is 9.63. The third kappa shape index (κ3) is 7.65. The normalized spacial score (nSPS) is 21.6. The van der Waals surface area contributed by atoms with Crippen LogP contribution in [0.25, 0.3) is 0 Å². The highest BCUT2D eigenvalue weighted by Crippen LogP contribution is 2.31. The summed E-state index contributed by atoms with van der Waals surface area (Å²) >= 11 is 0. The van der Waals surface area contributed by atoms with Crippen LogP contribution in [0, 0.1) is 0 Å². The number of hydrogen-bond donors (Lipinski definition) is 1. The van der Waals surface area contributed by atoms with Crippen molar-refractivity contribution in [2.24, 2.45) is 0 Å². The van der Waals surface area contributed by atoms with Crippen LogP contribution in [0.5, 0.6) is 0 Å². The van der Waals surface area contributed by atoms with Gasteiger partial charge in [-0.25, -0.2) is 0 Å². The molecule has 1 aliphatic heterocycles. The van der Waals surface area contributed by atoms with Crippen LogP contribution in [-0.4, -0.2) is 24.8 Å². The molecule has 1 unspecified atom stereocenters. The summed E-state index contributed by atoms with van der Waals surface area (Å²) in [6.07, 6.45) is 16.0. The third-order valence-corrected chi connectivity index (χ3v) is 5.24. The van der Waals surface area contributed by atoms with E-state index in [4.69, 9.17) is 4.74 Å². The molecule has 126 valence electrons. The highest BCUT2D eigenvalue weighted by atomic mass is 16.5. The number of hydrogen-bond acceptors (Lipinski definition) is 2. The predicted molar refractivity (Wildman–Crippen MR) is 92.9 cm³/mol. The Morgan fingerprint density at radius 2 is 1.52 bits per heavy atom. The summed E-state index contributed by atoms with van der Waals surface area (Å²) in [5, 5.41) is 3.78. The molecule has 1 atom stereocenters. The predicted octanol–water partition coefficient (Wildman–Crippen LogP) is 5.45. The molecule has 1 N–H and O–H groups in total. The monoisotopic (exact) mass is 297 g/mol. The molecule has 2 heteroatoms. The van der Waals surface area contributed by atoms with E-state index in [0.29, 0.717) is 6.04 Å². The molecule has 1 heterocycles. The molecular formula is C19H39NO. The van der Waals surface area contributed by atoms with Crippen LogP contribution < -0.4 is 5.32 Å². The van der Waals surface area contributed by atoms with E-state index in [2.05, 4.69) is 26.1 Å². The Kier molecular flexibility index (Phi) is 10.4. The van der Waals surface area contributed by atoms with E-state index in [9.17, 15) is 0 Å². The Morgan fingerprint density at radius 1 is 0.905 bits per heavy atom. The lowest BCUT2D eigenvalue weighted by molar-refractivity contribution is -0.0929. The first-order valence-electron chi connectivity index (χ1n) is 9.63. The fourth-order valence-electron chi connectivity index (χ4n) is 3.51. The summed E-state index contributed by atoms with van der Waals surface area (Å²) in [5.74, 6) is 0. The highest BCUT2D eigenvalue weighted by molar-refractivity contribution is 4.88. The van der Waals surface area contributed by atoms with Crippen LogP contribution in [-0.2, 0) is 4.74 Å². The van der Waals surface area contributed by atoms with E-state index in [1.807, 2.05) is 0 Å². The number of unbranched alkanes of at least 4 members (excludes halogenated alkanes) is 7. The van der Waals surface area contributed by atoms with E-state index in [0.717, 1.165) is 19.4 Å². The Balaban J connectivity index is 2.00. The Hall–Kier alpha value is -0.0800. The summed E-state index contributed by atoms with van der Waals surface area (Å²) in [6.45, 7) is 8.96. The van der Waals surface area contributed by atoms with Gasteiger partial charge in [-0.3, -0.25) is 0 Å². The van der Waals surface area contributed by atoms with Crippen molar-refractivity contribution in [2.75, 3.05) is 13.2 Å². The molecule has 21 heavy (non-hydrogen) atoms. The largest absolute Gasteiger partial charge is 0.375 e. The number of rotatable bonds is 12. The molecule has 2 nitrogen and oxygen atoms in total. The van der Waals surface area contributed by atoms with Gasteiger partial charge in [0.25, 0.3) is 0 Å². The topological polar surface area (TPSA) is 21.3 Å². The summed E-state index contributed by atoms with van der Waals surface area (Å²) in [5.41, 5.74) is 0.162. The molecule has 0 amide bonds. The van der Waals surface area contributed by atoms with E-state index in [-0.39, 0.29) is 5.60 Å².